The molecule has 3 aromatic heterocycles. The fraction of sp³-hybridized carbons (Fsp3) is 0.362. The van der Waals surface area contributed by atoms with E-state index in [1.807, 2.05) is 22.7 Å². The van der Waals surface area contributed by atoms with Crippen LogP contribution in [0.4, 0.5) is 0 Å². The van der Waals surface area contributed by atoms with E-state index in [2.05, 4.69) is 255 Å². The fourth-order valence-corrected chi connectivity index (χ4v) is 18.2. The molecule has 0 saturated heterocycles. The highest BCUT2D eigenvalue weighted by atomic mass is 32.1. The van der Waals surface area contributed by atoms with Crippen LogP contribution in [0.2, 0.25) is 0 Å². The van der Waals surface area contributed by atoms with Gasteiger partial charge in [0.2, 0.25) is 0 Å². The van der Waals surface area contributed by atoms with Crippen LogP contribution >= 0.6 is 22.7 Å². The van der Waals surface area contributed by atoms with Crippen LogP contribution in [-0.4, -0.2) is 10.3 Å². The van der Waals surface area contributed by atoms with Gasteiger partial charge in [-0.2, -0.15) is 0 Å². The lowest BCUT2D eigenvalue weighted by molar-refractivity contribution is 0.315. The third-order valence-corrected chi connectivity index (χ3v) is 23.9. The molecule has 0 fully saturated rings. The minimum atomic E-state index is -0.187. The minimum Gasteiger partial charge on any atom is -0.243 e. The van der Waals surface area contributed by atoms with Crippen LogP contribution < -0.4 is 0 Å². The number of unbranched alkanes of at least 4 members (excludes halogenated alkanes) is 20. The van der Waals surface area contributed by atoms with Gasteiger partial charge in [-0.25, -0.2) is 4.63 Å². The fourth-order valence-electron chi connectivity index (χ4n) is 16.9. The van der Waals surface area contributed by atoms with Gasteiger partial charge in [0.15, 0.2) is 0 Å². The lowest BCUT2D eigenvalue weighted by Gasteiger charge is -2.34. The van der Waals surface area contributed by atoms with E-state index >= 15 is 0 Å². The molecule has 0 N–H and O–H groups in total. The maximum absolute atomic E-state index is 5.64. The zero-order valence-corrected chi connectivity index (χ0v) is 61.3. The maximum Gasteiger partial charge on any atom is 0.143 e. The summed E-state index contributed by atoms with van der Waals surface area (Å²) < 4.78 is 5.64. The van der Waals surface area contributed by atoms with Crippen molar-refractivity contribution in [2.24, 2.45) is 0 Å². The number of rotatable bonds is 37. The van der Waals surface area contributed by atoms with E-state index in [1.165, 1.54) is 266 Å². The van der Waals surface area contributed by atoms with Gasteiger partial charge in [-0.3, -0.25) is 0 Å². The van der Waals surface area contributed by atoms with E-state index in [1.54, 1.807) is 5.56 Å². The van der Waals surface area contributed by atoms with E-state index in [0.717, 1.165) is 40.6 Å². The quantitative estimate of drug-likeness (QED) is 0.0364. The van der Waals surface area contributed by atoms with Gasteiger partial charge in [-0.15, -0.1) is 22.7 Å². The molecule has 0 atom stereocenters. The number of aromatic nitrogens is 2. The van der Waals surface area contributed by atoms with Crippen molar-refractivity contribution in [1.82, 2.24) is 10.3 Å². The molecule has 99 heavy (non-hydrogen) atoms. The van der Waals surface area contributed by atoms with Crippen molar-refractivity contribution in [3.05, 3.63) is 236 Å². The first-order valence-electron chi connectivity index (χ1n) is 38.5. The predicted octanol–water partition coefficient (Wildman–Crippen LogP) is 29.6. The molecule has 13 rings (SSSR count). The van der Waals surface area contributed by atoms with Crippen molar-refractivity contribution in [1.29, 1.82) is 0 Å². The van der Waals surface area contributed by atoms with Crippen LogP contribution in [-0.2, 0) is 10.8 Å². The summed E-state index contributed by atoms with van der Waals surface area (Å²) in [5.41, 5.74) is 27.6. The van der Waals surface area contributed by atoms with Crippen LogP contribution in [0.3, 0.4) is 0 Å². The summed E-state index contributed by atoms with van der Waals surface area (Å²) in [5, 5.41) is 13.6. The van der Waals surface area contributed by atoms with Gasteiger partial charge in [0.1, 0.15) is 11.0 Å². The van der Waals surface area contributed by atoms with Gasteiger partial charge in [0.25, 0.3) is 0 Å². The number of nitrogens with zero attached hydrogens (tertiary/aromatic N) is 2. The summed E-state index contributed by atoms with van der Waals surface area (Å²) >= 11 is 3.62. The molecule has 0 spiro atoms. The van der Waals surface area contributed by atoms with E-state index < -0.39 is 0 Å². The first kappa shape index (κ1) is 69.5. The molecular weight excluding hydrogens is 1240 g/mol. The van der Waals surface area contributed by atoms with Gasteiger partial charge in [0.05, 0.1) is 0 Å². The molecule has 3 heterocycles. The molecule has 508 valence electrons. The monoisotopic (exact) mass is 1340 g/mol. The van der Waals surface area contributed by atoms with Crippen molar-refractivity contribution in [2.45, 2.75) is 218 Å². The van der Waals surface area contributed by atoms with E-state index in [9.17, 15) is 0 Å². The molecule has 0 amide bonds. The lowest BCUT2D eigenvalue weighted by Crippen LogP contribution is -2.25. The highest BCUT2D eigenvalue weighted by Gasteiger charge is 2.45. The largest absolute Gasteiger partial charge is 0.243 e. The predicted molar refractivity (Wildman–Crippen MR) is 430 cm³/mol. The Labute approximate surface area is 601 Å². The third kappa shape index (κ3) is 15.7. The smallest absolute Gasteiger partial charge is 0.143 e. The maximum atomic E-state index is 5.64. The third-order valence-electron chi connectivity index (χ3n) is 22.3. The Bertz CT molecular complexity index is 4420. The Hall–Kier alpha value is -7.96. The van der Waals surface area contributed by atoms with Crippen molar-refractivity contribution in [3.8, 4) is 77.9 Å². The summed E-state index contributed by atoms with van der Waals surface area (Å²) in [6.45, 7) is 9.35. The zero-order chi connectivity index (χ0) is 67.6. The normalized spacial score (nSPS) is 13.5. The van der Waals surface area contributed by atoms with Gasteiger partial charge >= 0.3 is 0 Å². The molecule has 8 aromatic carbocycles. The molecule has 0 unspecified atom stereocenters. The highest BCUT2D eigenvalue weighted by Crippen LogP contribution is 2.58. The van der Waals surface area contributed by atoms with Crippen molar-refractivity contribution >= 4 is 58.0 Å². The average Bonchev–Trinajstić information content (AvgIpc) is 1.57. The van der Waals surface area contributed by atoms with Crippen molar-refractivity contribution < 1.29 is 4.63 Å². The van der Waals surface area contributed by atoms with Crippen molar-refractivity contribution in [2.75, 3.05) is 0 Å². The summed E-state index contributed by atoms with van der Waals surface area (Å²) in [6, 6.07) is 70.4. The molecule has 3 nitrogen and oxygen atoms in total. The second-order valence-electron chi connectivity index (χ2n) is 28.9. The van der Waals surface area contributed by atoms with Gasteiger partial charge < -0.3 is 0 Å². The molecule has 0 radical (unpaired) electrons. The lowest BCUT2D eigenvalue weighted by atomic mass is 9.69. The Morgan fingerprint density at radius 2 is 0.606 bits per heavy atom. The summed E-state index contributed by atoms with van der Waals surface area (Å²) in [6.07, 6.45) is 44.8. The number of hydrogen-bond acceptors (Lipinski definition) is 5. The SMILES string of the molecule is CCCCCCCCC1(CCCCCCCC)c2cc(-c3ccccc3)ccc2-c2ccc(-c3cc(/C=C/c4cccs4)c(-c4ccc5c(c4)C(CCCCCCCC)(CCCCCCCC)c4cc(-c6ccc(-c7ccccc7)c7nonc67)ccc4-5)cc3/C=C/c3cccs3)cc21. The highest BCUT2D eigenvalue weighted by molar-refractivity contribution is 7.11. The summed E-state index contributed by atoms with van der Waals surface area (Å²) in [5.74, 6) is 0. The molecular formula is C94H104N2OS2. The molecule has 0 aliphatic heterocycles. The Morgan fingerprint density at radius 3 is 0.980 bits per heavy atom. The zero-order valence-electron chi connectivity index (χ0n) is 59.7. The number of hydrogen-bond donors (Lipinski definition) is 0. The molecule has 2 aliphatic carbocycles. The van der Waals surface area contributed by atoms with E-state index in [4.69, 9.17) is 4.63 Å². The summed E-state index contributed by atoms with van der Waals surface area (Å²) in [7, 11) is 0. The minimum absolute atomic E-state index is 0.0946. The van der Waals surface area contributed by atoms with Crippen LogP contribution in [0, 0.1) is 0 Å². The first-order valence-corrected chi connectivity index (χ1v) is 40.3. The number of fused-ring (bicyclic) bond motifs is 7. The number of thiophene rings is 2. The van der Waals surface area contributed by atoms with Crippen LogP contribution in [0.15, 0.2) is 197 Å². The molecule has 0 bridgehead atoms. The van der Waals surface area contributed by atoms with E-state index in [0.29, 0.717) is 0 Å². The Morgan fingerprint density at radius 1 is 0.283 bits per heavy atom. The van der Waals surface area contributed by atoms with Crippen molar-refractivity contribution in [3.63, 3.8) is 0 Å². The van der Waals surface area contributed by atoms with Gasteiger partial charge in [-0.05, 0) is 208 Å². The number of benzene rings is 8. The second kappa shape index (κ2) is 33.9. The van der Waals surface area contributed by atoms with Crippen LogP contribution in [0.1, 0.15) is 251 Å². The molecule has 11 aromatic rings. The molecule has 5 heteroatoms. The van der Waals surface area contributed by atoms with Crippen LogP contribution in [0.5, 0.6) is 0 Å². The van der Waals surface area contributed by atoms with Gasteiger partial charge in [0, 0.05) is 31.7 Å². The first-order chi connectivity index (χ1) is 48.9. The van der Waals surface area contributed by atoms with E-state index in [-0.39, 0.29) is 10.8 Å². The standard InChI is InChI=1S/C94H104N2OS2/c1-5-9-13-17-21-31-57-93(58-32-22-18-14-10-6-2)87-65-71(69-37-27-25-28-38-69)45-51-81(87)83-53-47-75(67-89(83)93)85-63-73(44-50-78-42-36-62-99-78)86(64-72(85)43-49-77-41-35-61-98-77)76-48-54-84-82-52-46-74(80-56-55-79(70-39-29-26-30-40-70)91-92(80)96-97-95-91)66-88(82)94(90(84)68-76,59-33-23-19-15-11-7-3)60-34-24-20-16-12-8-4/h25-30,35-56,61-68H,5-24,31-34,57-60H2,1-4H3/b49-43+,50-44+. The second-order valence-corrected chi connectivity index (χ2v) is 30.8. The Balaban J connectivity index is 0.972. The summed E-state index contributed by atoms with van der Waals surface area (Å²) in [4.78, 5) is 2.52. The topological polar surface area (TPSA) is 38.9 Å². The Kier molecular flexibility index (Phi) is 23.8. The molecule has 0 saturated carbocycles. The van der Waals surface area contributed by atoms with Crippen LogP contribution in [0.25, 0.3) is 113 Å². The molecule has 2 aliphatic rings. The average molecular weight is 1340 g/mol. The van der Waals surface area contributed by atoms with Gasteiger partial charge in [-0.1, -0.05) is 327 Å².